The van der Waals surface area contributed by atoms with E-state index in [2.05, 4.69) is 0 Å². The molecule has 0 saturated heterocycles. The Kier molecular flexibility index (Phi) is 2.52. The third-order valence-corrected chi connectivity index (χ3v) is 3.70. The fourth-order valence-electron chi connectivity index (χ4n) is 1.57. The number of carbonyl (C=O) groups is 2. The predicted molar refractivity (Wildman–Crippen MR) is 63.2 cm³/mol. The Morgan fingerprint density at radius 2 is 1.69 bits per heavy atom. The Labute approximate surface area is 101 Å². The van der Waals surface area contributed by atoms with E-state index in [1.807, 2.05) is 0 Å². The van der Waals surface area contributed by atoms with Gasteiger partial charge in [-0.3, -0.25) is 15.0 Å². The second-order valence-corrected chi connectivity index (χ2v) is 5.31. The summed E-state index contributed by atoms with van der Waals surface area (Å²) in [6.45, 7) is 0. The van der Waals surface area contributed by atoms with Crippen LogP contribution in [0.2, 0.25) is 0 Å². The van der Waals surface area contributed by atoms with Crippen molar-refractivity contribution < 1.29 is 9.59 Å². The molecule has 0 spiro atoms. The van der Waals surface area contributed by atoms with Gasteiger partial charge >= 0.3 is 0 Å². The third-order valence-electron chi connectivity index (χ3n) is 2.25. The second kappa shape index (κ2) is 3.61. The number of hydrogen-bond donors (Lipinski definition) is 2. The molecule has 6 heteroatoms. The molecule has 4 nitrogen and oxygen atoms in total. The van der Waals surface area contributed by atoms with Gasteiger partial charge in [-0.2, -0.15) is 0 Å². The SMILES string of the molecule is N=C(N)SC1(Cl)C(=O)c2ccccc2C1=O. The number of alkyl halides is 1. The molecule has 2 rings (SSSR count). The van der Waals surface area contributed by atoms with Gasteiger partial charge in [0.2, 0.25) is 15.8 Å². The van der Waals surface area contributed by atoms with Gasteiger partial charge in [0.1, 0.15) is 0 Å². The van der Waals surface area contributed by atoms with Crippen molar-refractivity contribution in [2.45, 2.75) is 4.21 Å². The smallest absolute Gasteiger partial charge is 0.222 e. The van der Waals surface area contributed by atoms with E-state index < -0.39 is 15.8 Å². The van der Waals surface area contributed by atoms with Gasteiger partial charge in [0, 0.05) is 11.1 Å². The van der Waals surface area contributed by atoms with Gasteiger partial charge in [-0.15, -0.1) is 0 Å². The quantitative estimate of drug-likeness (QED) is 0.345. The first-order valence-corrected chi connectivity index (χ1v) is 5.57. The van der Waals surface area contributed by atoms with E-state index in [4.69, 9.17) is 22.7 Å². The minimum atomic E-state index is -1.80. The summed E-state index contributed by atoms with van der Waals surface area (Å²) in [5.41, 5.74) is 5.75. The lowest BCUT2D eigenvalue weighted by atomic mass is 10.1. The summed E-state index contributed by atoms with van der Waals surface area (Å²) in [6, 6.07) is 6.40. The van der Waals surface area contributed by atoms with Crippen molar-refractivity contribution in [2.75, 3.05) is 0 Å². The van der Waals surface area contributed by atoms with Crippen LogP contribution in [-0.2, 0) is 0 Å². The van der Waals surface area contributed by atoms with Crippen LogP contribution in [0.3, 0.4) is 0 Å². The van der Waals surface area contributed by atoms with Gasteiger partial charge in [-0.05, 0) is 11.8 Å². The number of hydrogen-bond acceptors (Lipinski definition) is 4. The molecular weight excluding hydrogens is 248 g/mol. The first kappa shape index (κ1) is 11.2. The minimum absolute atomic E-state index is 0.288. The number of benzene rings is 1. The van der Waals surface area contributed by atoms with E-state index in [9.17, 15) is 9.59 Å². The van der Waals surface area contributed by atoms with Gasteiger partial charge in [0.05, 0.1) is 0 Å². The first-order valence-electron chi connectivity index (χ1n) is 4.37. The summed E-state index contributed by atoms with van der Waals surface area (Å²) >= 11 is 6.54. The number of nitrogens with one attached hydrogen (secondary N) is 1. The van der Waals surface area contributed by atoms with Crippen LogP contribution in [0.1, 0.15) is 20.7 Å². The average Bonchev–Trinajstić information content (AvgIpc) is 2.42. The van der Waals surface area contributed by atoms with Crippen molar-refractivity contribution >= 4 is 40.1 Å². The second-order valence-electron chi connectivity index (χ2n) is 3.27. The molecule has 0 saturated carbocycles. The number of halogens is 1. The fraction of sp³-hybridized carbons (Fsp3) is 0.100. The Balaban J connectivity index is 2.53. The zero-order valence-corrected chi connectivity index (χ0v) is 9.56. The molecule has 1 aromatic rings. The molecule has 0 amide bonds. The summed E-state index contributed by atoms with van der Waals surface area (Å²) in [7, 11) is 0. The zero-order chi connectivity index (χ0) is 11.9. The van der Waals surface area contributed by atoms with Crippen LogP contribution >= 0.6 is 23.4 Å². The molecule has 0 radical (unpaired) electrons. The molecule has 1 aliphatic carbocycles. The molecule has 0 fully saturated rings. The average molecular weight is 255 g/mol. The van der Waals surface area contributed by atoms with Gasteiger partial charge in [0.15, 0.2) is 5.17 Å². The van der Waals surface area contributed by atoms with Crippen LogP contribution in [-0.4, -0.2) is 20.9 Å². The number of amidine groups is 1. The number of nitrogens with two attached hydrogens (primary N) is 1. The highest BCUT2D eigenvalue weighted by molar-refractivity contribution is 8.17. The Morgan fingerprint density at radius 3 is 2.06 bits per heavy atom. The molecule has 0 unspecified atom stereocenters. The van der Waals surface area contributed by atoms with Gasteiger partial charge in [0.25, 0.3) is 0 Å². The lowest BCUT2D eigenvalue weighted by Gasteiger charge is -2.15. The summed E-state index contributed by atoms with van der Waals surface area (Å²) in [4.78, 5) is 23.9. The standard InChI is InChI=1S/C10H7ClN2O2S/c11-10(16-9(12)13)7(14)5-3-1-2-4-6(5)8(10)15/h1-4H,(H3,12,13). The van der Waals surface area contributed by atoms with E-state index in [0.717, 1.165) is 0 Å². The Morgan fingerprint density at radius 1 is 1.25 bits per heavy atom. The third kappa shape index (κ3) is 1.44. The molecule has 0 bridgehead atoms. The van der Waals surface area contributed by atoms with Crippen molar-refractivity contribution in [1.82, 2.24) is 0 Å². The maximum Gasteiger partial charge on any atom is 0.222 e. The van der Waals surface area contributed by atoms with Crippen molar-refractivity contribution in [3.05, 3.63) is 35.4 Å². The number of fused-ring (bicyclic) bond motifs is 1. The number of rotatable bonds is 1. The number of thioether (sulfide) groups is 1. The summed E-state index contributed by atoms with van der Waals surface area (Å²) in [5.74, 6) is -1.01. The first-order chi connectivity index (χ1) is 7.47. The van der Waals surface area contributed by atoms with Crippen LogP contribution < -0.4 is 5.73 Å². The van der Waals surface area contributed by atoms with Crippen LogP contribution in [0.25, 0.3) is 0 Å². The summed E-state index contributed by atoms with van der Waals surface area (Å²) in [6.07, 6.45) is 0. The van der Waals surface area contributed by atoms with Gasteiger partial charge < -0.3 is 5.73 Å². The molecule has 0 aromatic heterocycles. The zero-order valence-electron chi connectivity index (χ0n) is 7.99. The van der Waals surface area contributed by atoms with E-state index >= 15 is 0 Å². The van der Waals surface area contributed by atoms with Gasteiger partial charge in [-0.25, -0.2) is 0 Å². The highest BCUT2D eigenvalue weighted by Crippen LogP contribution is 2.42. The normalized spacial score (nSPS) is 17.3. The Bertz CT molecular complexity index is 480. The maximum absolute atomic E-state index is 11.9. The summed E-state index contributed by atoms with van der Waals surface area (Å²) in [5, 5.41) is 6.77. The molecule has 3 N–H and O–H groups in total. The van der Waals surface area contributed by atoms with Crippen LogP contribution in [0, 0.1) is 5.41 Å². The van der Waals surface area contributed by atoms with E-state index in [0.29, 0.717) is 11.8 Å². The van der Waals surface area contributed by atoms with Crippen LogP contribution in [0.15, 0.2) is 24.3 Å². The number of carbonyl (C=O) groups excluding carboxylic acids is 2. The van der Waals surface area contributed by atoms with Crippen LogP contribution in [0.5, 0.6) is 0 Å². The lowest BCUT2D eigenvalue weighted by molar-refractivity contribution is 0.0912. The highest BCUT2D eigenvalue weighted by Gasteiger charge is 2.53. The predicted octanol–water partition coefficient (Wildman–Crippen LogP) is 1.63. The van der Waals surface area contributed by atoms with Crippen molar-refractivity contribution in [1.29, 1.82) is 5.41 Å². The van der Waals surface area contributed by atoms with Crippen LogP contribution in [0.4, 0.5) is 0 Å². The molecule has 1 aliphatic rings. The fourth-order valence-corrected chi connectivity index (χ4v) is 2.73. The van der Waals surface area contributed by atoms with Crippen molar-refractivity contribution in [3.8, 4) is 0 Å². The number of ketones is 2. The Hall–Kier alpha value is -1.33. The van der Waals surface area contributed by atoms with Crippen molar-refractivity contribution in [3.63, 3.8) is 0 Å². The molecule has 1 aromatic carbocycles. The number of Topliss-reactive ketones (excluding diaryl/α,β-unsaturated/α-hetero) is 2. The monoisotopic (exact) mass is 254 g/mol. The molecule has 0 aliphatic heterocycles. The molecule has 0 heterocycles. The molecular formula is C10H7ClN2O2S. The largest absolute Gasteiger partial charge is 0.379 e. The highest BCUT2D eigenvalue weighted by atomic mass is 35.5. The topological polar surface area (TPSA) is 84.0 Å². The van der Waals surface area contributed by atoms with E-state index in [-0.39, 0.29) is 16.3 Å². The molecule has 0 atom stereocenters. The van der Waals surface area contributed by atoms with Crippen molar-refractivity contribution in [2.24, 2.45) is 5.73 Å². The molecule has 16 heavy (non-hydrogen) atoms. The minimum Gasteiger partial charge on any atom is -0.379 e. The molecule has 82 valence electrons. The maximum atomic E-state index is 11.9. The lowest BCUT2D eigenvalue weighted by Crippen LogP contribution is -2.33. The van der Waals surface area contributed by atoms with E-state index in [1.165, 1.54) is 0 Å². The summed E-state index contributed by atoms with van der Waals surface area (Å²) < 4.78 is -1.80. The van der Waals surface area contributed by atoms with E-state index in [1.54, 1.807) is 24.3 Å². The van der Waals surface area contributed by atoms with Gasteiger partial charge in [-0.1, -0.05) is 35.9 Å².